The summed E-state index contributed by atoms with van der Waals surface area (Å²) in [6.45, 7) is 2.01. The van der Waals surface area contributed by atoms with Crippen molar-refractivity contribution in [3.05, 3.63) is 35.9 Å². The van der Waals surface area contributed by atoms with Crippen LogP contribution in [0.15, 0.2) is 30.3 Å². The molecule has 0 saturated carbocycles. The lowest BCUT2D eigenvalue weighted by molar-refractivity contribution is 0.427. The van der Waals surface area contributed by atoms with E-state index in [0.29, 0.717) is 0 Å². The van der Waals surface area contributed by atoms with Crippen molar-refractivity contribution in [2.75, 3.05) is 0 Å². The second-order valence-corrected chi connectivity index (χ2v) is 4.48. The van der Waals surface area contributed by atoms with Gasteiger partial charge >= 0.3 is 0 Å². The third-order valence-corrected chi connectivity index (χ3v) is 4.06. The van der Waals surface area contributed by atoms with Gasteiger partial charge in [0.2, 0.25) is 0 Å². The molecule has 4 N–H and O–H groups in total. The quantitative estimate of drug-likeness (QED) is 0.509. The fourth-order valence-corrected chi connectivity index (χ4v) is 1.97. The minimum Gasteiger partial charge on any atom is -0.312 e. The molecule has 3 heteroatoms. The van der Waals surface area contributed by atoms with Gasteiger partial charge in [0.1, 0.15) is 0 Å². The fourth-order valence-electron chi connectivity index (χ4n) is 1.11. The number of halogens is 1. The van der Waals surface area contributed by atoms with E-state index in [1.54, 1.807) is 0 Å². The van der Waals surface area contributed by atoms with Crippen LogP contribution in [0.5, 0.6) is 0 Å². The van der Waals surface area contributed by atoms with Gasteiger partial charge in [-0.1, -0.05) is 59.8 Å². The van der Waals surface area contributed by atoms with Crippen molar-refractivity contribution in [1.82, 2.24) is 0 Å². The topological polar surface area (TPSA) is 52.0 Å². The predicted octanol–water partition coefficient (Wildman–Crippen LogP) is 2.19. The average Bonchev–Trinajstić information content (AvgIpc) is 2.18. The summed E-state index contributed by atoms with van der Waals surface area (Å²) < 4.78 is 0.163. The summed E-state index contributed by atoms with van der Waals surface area (Å²) in [6.07, 6.45) is 0.773. The molecule has 0 fully saturated rings. The lowest BCUT2D eigenvalue weighted by Crippen LogP contribution is -2.51. The fraction of sp³-hybridized carbons (Fsp3) is 0.400. The maximum Gasteiger partial charge on any atom is 0.0796 e. The Morgan fingerprint density at radius 3 is 2.31 bits per heavy atom. The van der Waals surface area contributed by atoms with Crippen LogP contribution >= 0.6 is 22.6 Å². The van der Waals surface area contributed by atoms with Crippen LogP contribution in [0.4, 0.5) is 0 Å². The van der Waals surface area contributed by atoms with Crippen LogP contribution in [-0.4, -0.2) is 5.66 Å². The van der Waals surface area contributed by atoms with Crippen LogP contribution in [0.1, 0.15) is 22.8 Å². The maximum absolute atomic E-state index is 5.96. The van der Waals surface area contributed by atoms with Gasteiger partial charge in [0.25, 0.3) is 0 Å². The summed E-state index contributed by atoms with van der Waals surface area (Å²) >= 11 is 2.30. The average molecular weight is 290 g/mol. The molecule has 1 aromatic rings. The molecule has 0 heterocycles. The molecule has 1 atom stereocenters. The van der Waals surface area contributed by atoms with Gasteiger partial charge in [-0.3, -0.25) is 0 Å². The predicted molar refractivity (Wildman–Crippen MR) is 64.6 cm³/mol. The molecule has 0 amide bonds. The van der Waals surface area contributed by atoms with E-state index in [1.165, 1.54) is 5.56 Å². The summed E-state index contributed by atoms with van der Waals surface area (Å²) in [5.74, 6) is 0. The Hall–Kier alpha value is -0.130. The molecule has 13 heavy (non-hydrogen) atoms. The van der Waals surface area contributed by atoms with Gasteiger partial charge in [-0.25, -0.2) is 0 Å². The molecule has 0 aliphatic rings. The monoisotopic (exact) mass is 290 g/mol. The number of alkyl halides is 1. The number of benzene rings is 1. The van der Waals surface area contributed by atoms with Gasteiger partial charge in [0.05, 0.1) is 9.59 Å². The van der Waals surface area contributed by atoms with E-state index in [9.17, 15) is 0 Å². The highest BCUT2D eigenvalue weighted by molar-refractivity contribution is 14.1. The smallest absolute Gasteiger partial charge is 0.0796 e. The first-order valence-corrected chi connectivity index (χ1v) is 5.59. The van der Waals surface area contributed by atoms with Crippen LogP contribution < -0.4 is 11.5 Å². The molecule has 1 rings (SSSR count). The van der Waals surface area contributed by atoms with Crippen molar-refractivity contribution >= 4 is 22.6 Å². The van der Waals surface area contributed by atoms with Crippen molar-refractivity contribution in [2.24, 2.45) is 11.5 Å². The minimum atomic E-state index is -0.609. The van der Waals surface area contributed by atoms with Gasteiger partial charge in [-0.2, -0.15) is 0 Å². The maximum atomic E-state index is 5.96. The van der Waals surface area contributed by atoms with E-state index in [1.807, 2.05) is 25.1 Å². The summed E-state index contributed by atoms with van der Waals surface area (Å²) in [4.78, 5) is 0. The van der Waals surface area contributed by atoms with Crippen molar-refractivity contribution in [1.29, 1.82) is 0 Å². The highest BCUT2D eigenvalue weighted by Crippen LogP contribution is 2.31. The third-order valence-electron chi connectivity index (χ3n) is 2.18. The van der Waals surface area contributed by atoms with Crippen molar-refractivity contribution in [3.63, 3.8) is 0 Å². The Morgan fingerprint density at radius 2 is 1.85 bits per heavy atom. The lowest BCUT2D eigenvalue weighted by atomic mass is 9.99. The molecule has 0 aliphatic heterocycles. The Labute approximate surface area is 92.8 Å². The normalized spacial score (nSPS) is 14.2. The standard InChI is InChI=1S/C10H15IN2/c1-2-10(12,13)9(11)8-6-4-3-5-7-8/h3-7,9H,2,12-13H2,1H3. The SMILES string of the molecule is CCC(N)(N)C(I)c1ccccc1. The van der Waals surface area contributed by atoms with E-state index >= 15 is 0 Å². The first-order chi connectivity index (χ1) is 6.08. The molecule has 1 aromatic carbocycles. The lowest BCUT2D eigenvalue weighted by Gasteiger charge is -2.29. The summed E-state index contributed by atoms with van der Waals surface area (Å²) in [5.41, 5.74) is 12.5. The van der Waals surface area contributed by atoms with Gasteiger partial charge in [0, 0.05) is 0 Å². The largest absolute Gasteiger partial charge is 0.312 e. The highest BCUT2D eigenvalue weighted by Gasteiger charge is 2.27. The van der Waals surface area contributed by atoms with Crippen LogP contribution in [0, 0.1) is 0 Å². The van der Waals surface area contributed by atoms with E-state index in [4.69, 9.17) is 11.5 Å². The van der Waals surface area contributed by atoms with Gasteiger partial charge in [-0.15, -0.1) is 0 Å². The zero-order chi connectivity index (χ0) is 9.90. The zero-order valence-corrected chi connectivity index (χ0v) is 9.86. The Morgan fingerprint density at radius 1 is 1.31 bits per heavy atom. The molecule has 0 aliphatic carbocycles. The molecule has 0 spiro atoms. The molecule has 0 bridgehead atoms. The zero-order valence-electron chi connectivity index (χ0n) is 7.70. The van der Waals surface area contributed by atoms with Crippen molar-refractivity contribution in [2.45, 2.75) is 22.9 Å². The molecule has 0 saturated heterocycles. The number of hydrogen-bond acceptors (Lipinski definition) is 2. The van der Waals surface area contributed by atoms with Crippen LogP contribution in [0.3, 0.4) is 0 Å². The summed E-state index contributed by atoms with van der Waals surface area (Å²) in [7, 11) is 0. The molecular formula is C10H15IN2. The third kappa shape index (κ3) is 2.65. The van der Waals surface area contributed by atoms with E-state index < -0.39 is 5.66 Å². The summed E-state index contributed by atoms with van der Waals surface area (Å²) in [6, 6.07) is 10.1. The molecule has 72 valence electrons. The van der Waals surface area contributed by atoms with Gasteiger partial charge in [-0.05, 0) is 12.0 Å². The first-order valence-electron chi connectivity index (χ1n) is 4.34. The number of rotatable bonds is 3. The second-order valence-electron chi connectivity index (χ2n) is 3.24. The van der Waals surface area contributed by atoms with Gasteiger partial charge < -0.3 is 11.5 Å². The number of hydrogen-bond donors (Lipinski definition) is 2. The second kappa shape index (κ2) is 4.39. The van der Waals surface area contributed by atoms with Gasteiger partial charge in [0.15, 0.2) is 0 Å². The minimum absolute atomic E-state index is 0.163. The van der Waals surface area contributed by atoms with E-state index in [2.05, 4.69) is 34.7 Å². The number of nitrogens with two attached hydrogens (primary N) is 2. The van der Waals surface area contributed by atoms with Crippen molar-refractivity contribution in [3.8, 4) is 0 Å². The molecule has 1 unspecified atom stereocenters. The highest BCUT2D eigenvalue weighted by atomic mass is 127. The Bertz CT molecular complexity index is 259. The molecule has 0 aromatic heterocycles. The van der Waals surface area contributed by atoms with Crippen molar-refractivity contribution < 1.29 is 0 Å². The van der Waals surface area contributed by atoms with E-state index in [-0.39, 0.29) is 3.92 Å². The molecular weight excluding hydrogens is 275 g/mol. The van der Waals surface area contributed by atoms with E-state index in [0.717, 1.165) is 6.42 Å². The Balaban J connectivity index is 2.85. The molecule has 0 radical (unpaired) electrons. The van der Waals surface area contributed by atoms with Crippen LogP contribution in [0.25, 0.3) is 0 Å². The Kier molecular flexibility index (Phi) is 3.70. The first kappa shape index (κ1) is 10.9. The summed E-state index contributed by atoms with van der Waals surface area (Å²) in [5, 5.41) is 0. The van der Waals surface area contributed by atoms with Crippen LogP contribution in [-0.2, 0) is 0 Å². The molecule has 2 nitrogen and oxygen atoms in total. The van der Waals surface area contributed by atoms with Crippen LogP contribution in [0.2, 0.25) is 0 Å².